The monoisotopic (exact) mass is 248 g/mol. The Morgan fingerprint density at radius 2 is 2.22 bits per heavy atom. The first-order valence-electron chi connectivity index (χ1n) is 5.79. The van der Waals surface area contributed by atoms with Crippen molar-refractivity contribution in [2.75, 3.05) is 0 Å². The van der Waals surface area contributed by atoms with Gasteiger partial charge in [0.1, 0.15) is 0 Å². The molecule has 0 unspecified atom stereocenters. The van der Waals surface area contributed by atoms with Crippen molar-refractivity contribution in [3.05, 3.63) is 34.6 Å². The van der Waals surface area contributed by atoms with E-state index in [0.29, 0.717) is 29.9 Å². The second-order valence-corrected chi connectivity index (χ2v) is 4.40. The molecule has 0 fully saturated rings. The number of hydrogen-bond donors (Lipinski definition) is 1. The van der Waals surface area contributed by atoms with Crippen molar-refractivity contribution in [1.29, 1.82) is 0 Å². The van der Waals surface area contributed by atoms with E-state index in [-0.39, 0.29) is 5.56 Å². The predicted octanol–water partition coefficient (Wildman–Crippen LogP) is 0.933. The Hall–Kier alpha value is -1.95. The normalized spacial score (nSPS) is 11.1. The maximum Gasteiger partial charge on any atom is 0.251 e. The third-order valence-electron chi connectivity index (χ3n) is 2.48. The van der Waals surface area contributed by atoms with Crippen LogP contribution in [0.2, 0.25) is 0 Å². The summed E-state index contributed by atoms with van der Waals surface area (Å²) in [6.45, 7) is 4.60. The van der Waals surface area contributed by atoms with Crippen molar-refractivity contribution in [2.45, 2.75) is 26.4 Å². The van der Waals surface area contributed by atoms with Crippen LogP contribution < -0.4 is 10.9 Å². The largest absolute Gasteiger partial charge is 0.419 e. The molecule has 6 nitrogen and oxygen atoms in total. The van der Waals surface area contributed by atoms with Gasteiger partial charge in [0.15, 0.2) is 0 Å². The van der Waals surface area contributed by atoms with Crippen LogP contribution in [-0.4, -0.2) is 20.8 Å². The van der Waals surface area contributed by atoms with Crippen molar-refractivity contribution in [1.82, 2.24) is 20.1 Å². The van der Waals surface area contributed by atoms with Crippen LogP contribution in [-0.2, 0) is 13.6 Å². The Balaban J connectivity index is 2.18. The second-order valence-electron chi connectivity index (χ2n) is 4.40. The maximum absolute atomic E-state index is 11.5. The van der Waals surface area contributed by atoms with Gasteiger partial charge < -0.3 is 14.3 Å². The summed E-state index contributed by atoms with van der Waals surface area (Å²) in [6.07, 6.45) is 1.67. The molecule has 1 N–H and O–H groups in total. The Labute approximate surface area is 105 Å². The average Bonchev–Trinajstić information content (AvgIpc) is 2.79. The highest BCUT2D eigenvalue weighted by Gasteiger charge is 2.09. The first-order chi connectivity index (χ1) is 8.56. The van der Waals surface area contributed by atoms with E-state index in [1.165, 1.54) is 10.6 Å². The molecule has 0 aliphatic carbocycles. The van der Waals surface area contributed by atoms with Crippen LogP contribution in [0.4, 0.5) is 0 Å². The second kappa shape index (κ2) is 5.14. The van der Waals surface area contributed by atoms with Crippen LogP contribution in [0, 0.1) is 0 Å². The zero-order chi connectivity index (χ0) is 13.1. The number of aryl methyl sites for hydroxylation is 1. The van der Waals surface area contributed by atoms with Gasteiger partial charge in [-0.25, -0.2) is 0 Å². The molecular weight excluding hydrogens is 232 g/mol. The van der Waals surface area contributed by atoms with E-state index in [1.54, 1.807) is 19.3 Å². The number of nitrogens with one attached hydrogen (secondary N) is 1. The molecule has 96 valence electrons. The Kier molecular flexibility index (Phi) is 3.57. The van der Waals surface area contributed by atoms with Crippen LogP contribution in [0.15, 0.2) is 27.5 Å². The molecule has 0 spiro atoms. The van der Waals surface area contributed by atoms with Gasteiger partial charge in [0.05, 0.1) is 6.54 Å². The van der Waals surface area contributed by atoms with Gasteiger partial charge in [0.2, 0.25) is 11.8 Å². The summed E-state index contributed by atoms with van der Waals surface area (Å²) >= 11 is 0. The van der Waals surface area contributed by atoms with Gasteiger partial charge in [-0.15, -0.1) is 10.2 Å². The smallest absolute Gasteiger partial charge is 0.251 e. The molecule has 0 saturated heterocycles. The van der Waals surface area contributed by atoms with Crippen LogP contribution in [0.3, 0.4) is 0 Å². The Morgan fingerprint density at radius 3 is 2.89 bits per heavy atom. The molecular formula is C12H16N4O2. The van der Waals surface area contributed by atoms with E-state index in [1.807, 2.05) is 13.8 Å². The van der Waals surface area contributed by atoms with E-state index >= 15 is 0 Å². The Bertz CT molecular complexity index is 586. The summed E-state index contributed by atoms with van der Waals surface area (Å²) in [5, 5.41) is 11.0. The summed E-state index contributed by atoms with van der Waals surface area (Å²) in [5.74, 6) is 0.882. The minimum atomic E-state index is -0.104. The van der Waals surface area contributed by atoms with Crippen LogP contribution in [0.5, 0.6) is 0 Å². The molecule has 0 amide bonds. The first kappa shape index (κ1) is 12.5. The lowest BCUT2D eigenvalue weighted by atomic mass is 10.3. The molecule has 2 aromatic heterocycles. The number of pyridine rings is 1. The molecule has 0 saturated carbocycles. The van der Waals surface area contributed by atoms with E-state index in [9.17, 15) is 4.79 Å². The number of aromatic nitrogens is 3. The van der Waals surface area contributed by atoms with Gasteiger partial charge in [0.25, 0.3) is 5.56 Å². The SMILES string of the molecule is CC(C)NCc1nnc(-c2ccn(C)c(=O)c2)o1. The third kappa shape index (κ3) is 2.84. The molecule has 0 atom stereocenters. The van der Waals surface area contributed by atoms with Crippen molar-refractivity contribution in [3.63, 3.8) is 0 Å². The average molecular weight is 248 g/mol. The van der Waals surface area contributed by atoms with Gasteiger partial charge in [0, 0.05) is 30.9 Å². The van der Waals surface area contributed by atoms with Crippen LogP contribution >= 0.6 is 0 Å². The summed E-state index contributed by atoms with van der Waals surface area (Å²) in [7, 11) is 1.69. The lowest BCUT2D eigenvalue weighted by Gasteiger charge is -2.03. The van der Waals surface area contributed by atoms with Crippen LogP contribution in [0.25, 0.3) is 11.5 Å². The fourth-order valence-electron chi connectivity index (χ4n) is 1.41. The lowest BCUT2D eigenvalue weighted by molar-refractivity contribution is 0.458. The highest BCUT2D eigenvalue weighted by Crippen LogP contribution is 2.15. The molecule has 18 heavy (non-hydrogen) atoms. The van der Waals surface area contributed by atoms with Gasteiger partial charge in [-0.2, -0.15) is 0 Å². The topological polar surface area (TPSA) is 73.0 Å². The summed E-state index contributed by atoms with van der Waals surface area (Å²) in [6, 6.07) is 3.60. The molecule has 2 aromatic rings. The Morgan fingerprint density at radius 1 is 1.44 bits per heavy atom. The van der Waals surface area contributed by atoms with Crippen molar-refractivity contribution in [3.8, 4) is 11.5 Å². The van der Waals surface area contributed by atoms with E-state index in [4.69, 9.17) is 4.42 Å². The van der Waals surface area contributed by atoms with Crippen LogP contribution in [0.1, 0.15) is 19.7 Å². The van der Waals surface area contributed by atoms with Gasteiger partial charge in [-0.3, -0.25) is 4.79 Å². The number of nitrogens with zero attached hydrogens (tertiary/aromatic N) is 3. The van der Waals surface area contributed by atoms with Gasteiger partial charge >= 0.3 is 0 Å². The number of hydrogen-bond acceptors (Lipinski definition) is 5. The maximum atomic E-state index is 11.5. The third-order valence-corrected chi connectivity index (χ3v) is 2.48. The molecule has 0 aromatic carbocycles. The molecule has 0 bridgehead atoms. The van der Waals surface area contributed by atoms with Crippen molar-refractivity contribution in [2.24, 2.45) is 7.05 Å². The fraction of sp³-hybridized carbons (Fsp3) is 0.417. The standard InChI is InChI=1S/C12H16N4O2/c1-8(2)13-7-10-14-15-12(18-10)9-4-5-16(3)11(17)6-9/h4-6,8,13H,7H2,1-3H3. The van der Waals surface area contributed by atoms with Gasteiger partial charge in [-0.1, -0.05) is 13.8 Å². The minimum Gasteiger partial charge on any atom is -0.419 e. The highest BCUT2D eigenvalue weighted by molar-refractivity contribution is 5.50. The zero-order valence-corrected chi connectivity index (χ0v) is 10.7. The zero-order valence-electron chi connectivity index (χ0n) is 10.7. The highest BCUT2D eigenvalue weighted by atomic mass is 16.4. The fourth-order valence-corrected chi connectivity index (χ4v) is 1.41. The lowest BCUT2D eigenvalue weighted by Crippen LogP contribution is -2.21. The van der Waals surface area contributed by atoms with Gasteiger partial charge in [-0.05, 0) is 6.07 Å². The van der Waals surface area contributed by atoms with Crippen molar-refractivity contribution < 1.29 is 4.42 Å². The molecule has 2 rings (SSSR count). The first-order valence-corrected chi connectivity index (χ1v) is 5.79. The summed E-state index contributed by atoms with van der Waals surface area (Å²) in [4.78, 5) is 11.5. The van der Waals surface area contributed by atoms with E-state index in [0.717, 1.165) is 0 Å². The van der Waals surface area contributed by atoms with Crippen molar-refractivity contribution >= 4 is 0 Å². The number of rotatable bonds is 4. The predicted molar refractivity (Wildman–Crippen MR) is 67.0 cm³/mol. The molecule has 0 aliphatic rings. The van der Waals surface area contributed by atoms with E-state index < -0.39 is 0 Å². The molecule has 0 radical (unpaired) electrons. The molecule has 2 heterocycles. The van der Waals surface area contributed by atoms with E-state index in [2.05, 4.69) is 15.5 Å². The molecule has 6 heteroatoms. The minimum absolute atomic E-state index is 0.104. The summed E-state index contributed by atoms with van der Waals surface area (Å²) < 4.78 is 6.97. The summed E-state index contributed by atoms with van der Waals surface area (Å²) in [5.41, 5.74) is 0.536. The quantitative estimate of drug-likeness (QED) is 0.871. The molecule has 0 aliphatic heterocycles.